The van der Waals surface area contributed by atoms with Crippen molar-refractivity contribution >= 4 is 23.3 Å². The summed E-state index contributed by atoms with van der Waals surface area (Å²) in [5.74, 6) is -0.258. The first-order chi connectivity index (χ1) is 12.0. The number of aliphatic hydroxyl groups excluding tert-OH is 1. The second kappa shape index (κ2) is 7.80. The Morgan fingerprint density at radius 1 is 1.44 bits per heavy atom. The number of aliphatic hydroxyl groups is 1. The monoisotopic (exact) mass is 363 g/mol. The van der Waals surface area contributed by atoms with Crippen LogP contribution in [-0.2, 0) is 6.54 Å². The number of amides is 1. The number of benzene rings is 1. The van der Waals surface area contributed by atoms with Gasteiger partial charge < -0.3 is 15.3 Å². The van der Waals surface area contributed by atoms with Crippen LogP contribution in [0.25, 0.3) is 0 Å². The van der Waals surface area contributed by atoms with Gasteiger partial charge in [-0.25, -0.2) is 9.37 Å². The van der Waals surface area contributed by atoms with Gasteiger partial charge in [0.15, 0.2) is 0 Å². The molecule has 0 unspecified atom stereocenters. The van der Waals surface area contributed by atoms with E-state index in [4.69, 9.17) is 11.6 Å². The molecule has 1 atom stereocenters. The van der Waals surface area contributed by atoms with Crippen LogP contribution in [0.4, 0.5) is 10.2 Å². The van der Waals surface area contributed by atoms with Crippen LogP contribution in [0.15, 0.2) is 36.5 Å². The minimum atomic E-state index is -0.626. The van der Waals surface area contributed by atoms with Gasteiger partial charge in [0, 0.05) is 37.0 Å². The molecule has 0 bridgehead atoms. The van der Waals surface area contributed by atoms with E-state index in [0.29, 0.717) is 6.54 Å². The number of carbonyl (C=O) groups is 1. The molecule has 0 aliphatic carbocycles. The van der Waals surface area contributed by atoms with Crippen LogP contribution in [0.2, 0.25) is 5.02 Å². The highest BCUT2D eigenvalue weighted by Gasteiger charge is 2.21. The number of piperidine rings is 1. The molecule has 1 aromatic carbocycles. The fourth-order valence-corrected chi connectivity index (χ4v) is 3.03. The number of halogens is 2. The minimum absolute atomic E-state index is 0.0187. The molecular formula is C18H19ClFN3O2. The second-order valence-electron chi connectivity index (χ2n) is 6.04. The Hall–Kier alpha value is -2.18. The summed E-state index contributed by atoms with van der Waals surface area (Å²) in [5, 5.41) is 12.6. The zero-order valence-corrected chi connectivity index (χ0v) is 14.3. The smallest absolute Gasteiger partial charge is 0.251 e. The predicted octanol–water partition coefficient (Wildman–Crippen LogP) is 2.77. The number of pyridine rings is 1. The van der Waals surface area contributed by atoms with Crippen LogP contribution < -0.4 is 10.2 Å². The Balaban J connectivity index is 1.70. The van der Waals surface area contributed by atoms with E-state index in [0.717, 1.165) is 36.8 Å². The Morgan fingerprint density at radius 3 is 3.04 bits per heavy atom. The highest BCUT2D eigenvalue weighted by atomic mass is 35.5. The predicted molar refractivity (Wildman–Crippen MR) is 94.3 cm³/mol. The van der Waals surface area contributed by atoms with E-state index in [9.17, 15) is 14.3 Å². The zero-order valence-electron chi connectivity index (χ0n) is 13.6. The van der Waals surface area contributed by atoms with Crippen molar-refractivity contribution < 1.29 is 14.3 Å². The molecule has 1 saturated heterocycles. The van der Waals surface area contributed by atoms with E-state index in [1.807, 2.05) is 11.0 Å². The third kappa shape index (κ3) is 4.27. The molecule has 3 rings (SSSR count). The van der Waals surface area contributed by atoms with Crippen LogP contribution >= 0.6 is 11.6 Å². The third-order valence-electron chi connectivity index (χ3n) is 4.18. The fraction of sp³-hybridized carbons (Fsp3) is 0.333. The number of anilines is 1. The van der Waals surface area contributed by atoms with Crippen LogP contribution in [-0.4, -0.2) is 35.2 Å². The quantitative estimate of drug-likeness (QED) is 0.876. The summed E-state index contributed by atoms with van der Waals surface area (Å²) < 4.78 is 13.5. The van der Waals surface area contributed by atoms with E-state index in [1.54, 1.807) is 12.3 Å². The van der Waals surface area contributed by atoms with Gasteiger partial charge in [0.2, 0.25) is 0 Å². The van der Waals surface area contributed by atoms with Gasteiger partial charge in [-0.05, 0) is 37.1 Å². The first kappa shape index (κ1) is 17.6. The summed E-state index contributed by atoms with van der Waals surface area (Å²) in [6.45, 7) is 1.61. The molecule has 0 spiro atoms. The van der Waals surface area contributed by atoms with Crippen molar-refractivity contribution in [3.63, 3.8) is 0 Å². The Kier molecular flexibility index (Phi) is 5.50. The van der Waals surface area contributed by atoms with Crippen molar-refractivity contribution in [1.29, 1.82) is 0 Å². The summed E-state index contributed by atoms with van der Waals surface area (Å²) in [6.07, 6.45) is 3.01. The lowest BCUT2D eigenvalue weighted by Crippen LogP contribution is -2.39. The second-order valence-corrected chi connectivity index (χ2v) is 6.45. The van der Waals surface area contributed by atoms with Crippen molar-refractivity contribution in [2.75, 3.05) is 18.0 Å². The summed E-state index contributed by atoms with van der Waals surface area (Å²) in [6, 6.07) is 7.63. The fourth-order valence-electron chi connectivity index (χ4n) is 2.92. The highest BCUT2D eigenvalue weighted by Crippen LogP contribution is 2.22. The van der Waals surface area contributed by atoms with Gasteiger partial charge in [0.25, 0.3) is 5.91 Å². The Morgan fingerprint density at radius 2 is 2.28 bits per heavy atom. The first-order valence-corrected chi connectivity index (χ1v) is 8.52. The van der Waals surface area contributed by atoms with Crippen molar-refractivity contribution in [2.45, 2.75) is 25.5 Å². The largest absolute Gasteiger partial charge is 0.391 e. The lowest BCUT2D eigenvalue weighted by atomic mass is 10.1. The molecule has 2 heterocycles. The summed E-state index contributed by atoms with van der Waals surface area (Å²) in [7, 11) is 0. The van der Waals surface area contributed by atoms with Crippen LogP contribution in [0, 0.1) is 5.82 Å². The maximum atomic E-state index is 13.5. The Bertz CT molecular complexity index is 772. The van der Waals surface area contributed by atoms with Crippen LogP contribution in [0.3, 0.4) is 0 Å². The first-order valence-electron chi connectivity index (χ1n) is 8.15. The van der Waals surface area contributed by atoms with E-state index in [1.165, 1.54) is 12.1 Å². The van der Waals surface area contributed by atoms with Crippen molar-refractivity contribution in [3.8, 4) is 0 Å². The third-order valence-corrected chi connectivity index (χ3v) is 4.49. The molecule has 7 heteroatoms. The number of nitrogens with zero attached hydrogens (tertiary/aromatic N) is 2. The van der Waals surface area contributed by atoms with E-state index < -0.39 is 5.82 Å². The zero-order chi connectivity index (χ0) is 17.8. The van der Waals surface area contributed by atoms with Crippen molar-refractivity contribution in [2.24, 2.45) is 0 Å². The van der Waals surface area contributed by atoms with Gasteiger partial charge in [0.05, 0.1) is 11.1 Å². The van der Waals surface area contributed by atoms with Crippen molar-refractivity contribution in [1.82, 2.24) is 10.3 Å². The lowest BCUT2D eigenvalue weighted by molar-refractivity contribution is 0.0950. The summed E-state index contributed by atoms with van der Waals surface area (Å²) >= 11 is 5.64. The molecular weight excluding hydrogens is 345 g/mol. The molecule has 25 heavy (non-hydrogen) atoms. The van der Waals surface area contributed by atoms with Gasteiger partial charge in [0.1, 0.15) is 11.6 Å². The number of β-amino-alcohol motifs (C(OH)–C–C–N with tert-alkyl or cyclic N) is 1. The molecule has 132 valence electrons. The molecule has 5 nitrogen and oxygen atoms in total. The maximum absolute atomic E-state index is 13.5. The number of hydrogen-bond donors (Lipinski definition) is 2. The minimum Gasteiger partial charge on any atom is -0.391 e. The SMILES string of the molecule is O=C(NCc1cccnc1N1CCC[C@H](O)C1)c1ccc(Cl)c(F)c1. The summed E-state index contributed by atoms with van der Waals surface area (Å²) in [5.41, 5.74) is 1.06. The molecule has 1 aliphatic rings. The topological polar surface area (TPSA) is 65.5 Å². The number of rotatable bonds is 4. The number of nitrogens with one attached hydrogen (secondary N) is 1. The molecule has 1 amide bonds. The van der Waals surface area contributed by atoms with Gasteiger partial charge >= 0.3 is 0 Å². The normalized spacial score (nSPS) is 17.4. The standard InChI is InChI=1S/C18H19ClFN3O2/c19-15-6-5-12(9-16(15)20)18(25)22-10-13-3-1-7-21-17(13)23-8-2-4-14(24)11-23/h1,3,5-7,9,14,24H,2,4,8,10-11H2,(H,22,25)/t14-/m0/s1. The van der Waals surface area contributed by atoms with Crippen LogP contribution in [0.5, 0.6) is 0 Å². The molecule has 2 N–H and O–H groups in total. The molecule has 1 fully saturated rings. The van der Waals surface area contributed by atoms with Crippen LogP contribution in [0.1, 0.15) is 28.8 Å². The van der Waals surface area contributed by atoms with Gasteiger partial charge in [-0.3, -0.25) is 4.79 Å². The molecule has 0 radical (unpaired) electrons. The highest BCUT2D eigenvalue weighted by molar-refractivity contribution is 6.30. The van der Waals surface area contributed by atoms with E-state index in [-0.39, 0.29) is 29.1 Å². The summed E-state index contributed by atoms with van der Waals surface area (Å²) in [4.78, 5) is 18.7. The average molecular weight is 364 g/mol. The number of hydrogen-bond acceptors (Lipinski definition) is 4. The number of carbonyl (C=O) groups excluding carboxylic acids is 1. The van der Waals surface area contributed by atoms with E-state index in [2.05, 4.69) is 10.3 Å². The average Bonchev–Trinajstić information content (AvgIpc) is 2.62. The van der Waals surface area contributed by atoms with Gasteiger partial charge in [-0.2, -0.15) is 0 Å². The van der Waals surface area contributed by atoms with Gasteiger partial charge in [-0.15, -0.1) is 0 Å². The molecule has 0 saturated carbocycles. The van der Waals surface area contributed by atoms with E-state index >= 15 is 0 Å². The maximum Gasteiger partial charge on any atom is 0.251 e. The van der Waals surface area contributed by atoms with Gasteiger partial charge in [-0.1, -0.05) is 17.7 Å². The molecule has 1 aliphatic heterocycles. The Labute approximate surface area is 150 Å². The molecule has 2 aromatic rings. The van der Waals surface area contributed by atoms with Crippen molar-refractivity contribution in [3.05, 3.63) is 58.5 Å². The molecule has 1 aromatic heterocycles. The number of aromatic nitrogens is 1. The lowest BCUT2D eigenvalue weighted by Gasteiger charge is -2.32.